The van der Waals surface area contributed by atoms with E-state index in [0.29, 0.717) is 11.6 Å². The minimum atomic E-state index is 0.684. The Hall–Kier alpha value is -1.21. The van der Waals surface area contributed by atoms with Crippen LogP contribution in [0.1, 0.15) is 37.8 Å². The summed E-state index contributed by atoms with van der Waals surface area (Å²) >= 11 is 6.37. The highest BCUT2D eigenvalue weighted by Gasteiger charge is 2.08. The fourth-order valence-corrected chi connectivity index (χ4v) is 1.85. The van der Waals surface area contributed by atoms with Crippen LogP contribution < -0.4 is 4.74 Å². The Morgan fingerprint density at radius 2 is 2.11 bits per heavy atom. The van der Waals surface area contributed by atoms with Crippen molar-refractivity contribution >= 4 is 17.7 Å². The predicted molar refractivity (Wildman–Crippen MR) is 80.4 cm³/mol. The van der Waals surface area contributed by atoms with Crippen molar-refractivity contribution in [3.8, 4) is 5.75 Å². The minimum absolute atomic E-state index is 0.684. The quantitative estimate of drug-likeness (QED) is 0.624. The van der Waals surface area contributed by atoms with E-state index in [1.165, 1.54) is 0 Å². The SMILES string of the molecule is C=C(/C=C\c1c(C)ccc(OCCC)c1Cl)CC. The molecule has 0 bridgehead atoms. The Morgan fingerprint density at radius 1 is 1.39 bits per heavy atom. The average molecular weight is 265 g/mol. The van der Waals surface area contributed by atoms with Gasteiger partial charge < -0.3 is 4.74 Å². The highest BCUT2D eigenvalue weighted by atomic mass is 35.5. The van der Waals surface area contributed by atoms with Gasteiger partial charge in [0.25, 0.3) is 0 Å². The monoisotopic (exact) mass is 264 g/mol. The van der Waals surface area contributed by atoms with Gasteiger partial charge in [-0.15, -0.1) is 0 Å². The summed E-state index contributed by atoms with van der Waals surface area (Å²) in [7, 11) is 0. The Morgan fingerprint density at radius 3 is 2.72 bits per heavy atom. The number of benzene rings is 1. The van der Waals surface area contributed by atoms with Crippen molar-refractivity contribution in [3.05, 3.63) is 46.5 Å². The van der Waals surface area contributed by atoms with Crippen LogP contribution in [0.15, 0.2) is 30.4 Å². The summed E-state index contributed by atoms with van der Waals surface area (Å²) in [5.41, 5.74) is 3.24. The number of ether oxygens (including phenoxy) is 1. The average Bonchev–Trinajstić information content (AvgIpc) is 2.37. The number of allylic oxidation sites excluding steroid dienone is 2. The third kappa shape index (κ3) is 3.92. The van der Waals surface area contributed by atoms with Crippen LogP contribution in [-0.2, 0) is 0 Å². The van der Waals surface area contributed by atoms with Gasteiger partial charge in [-0.25, -0.2) is 0 Å². The molecule has 0 spiro atoms. The summed E-state index contributed by atoms with van der Waals surface area (Å²) in [6.45, 7) is 10.9. The molecule has 1 rings (SSSR count). The maximum absolute atomic E-state index is 6.37. The summed E-state index contributed by atoms with van der Waals surface area (Å²) in [4.78, 5) is 0. The van der Waals surface area contributed by atoms with Gasteiger partial charge in [-0.1, -0.05) is 55.8 Å². The van der Waals surface area contributed by atoms with E-state index in [4.69, 9.17) is 16.3 Å². The maximum atomic E-state index is 6.37. The predicted octanol–water partition coefficient (Wildman–Crippen LogP) is 5.42. The first kappa shape index (κ1) is 14.8. The van der Waals surface area contributed by atoms with Crippen LogP contribution in [0.4, 0.5) is 0 Å². The molecule has 18 heavy (non-hydrogen) atoms. The van der Waals surface area contributed by atoms with Gasteiger partial charge in [0, 0.05) is 0 Å². The smallest absolute Gasteiger partial charge is 0.138 e. The molecule has 1 aromatic rings. The zero-order valence-corrected chi connectivity index (χ0v) is 12.2. The fourth-order valence-electron chi connectivity index (χ4n) is 1.52. The maximum Gasteiger partial charge on any atom is 0.138 e. The molecule has 1 nitrogen and oxygen atoms in total. The third-order valence-corrected chi connectivity index (χ3v) is 3.15. The standard InChI is InChI=1S/C16H21ClO/c1-5-11-18-15-10-8-13(4)14(16(15)17)9-7-12(3)6-2/h7-10H,3,5-6,11H2,1-2,4H3/b9-7-. The lowest BCUT2D eigenvalue weighted by Gasteiger charge is -2.11. The van der Waals surface area contributed by atoms with Crippen LogP contribution in [-0.4, -0.2) is 6.61 Å². The van der Waals surface area contributed by atoms with Crippen LogP contribution >= 0.6 is 11.6 Å². The fraction of sp³-hybridized carbons (Fsp3) is 0.375. The highest BCUT2D eigenvalue weighted by molar-refractivity contribution is 6.33. The second kappa shape index (κ2) is 7.27. The Kier molecular flexibility index (Phi) is 6.00. The van der Waals surface area contributed by atoms with Gasteiger partial charge in [0.2, 0.25) is 0 Å². The second-order valence-electron chi connectivity index (χ2n) is 4.30. The molecule has 0 heterocycles. The second-order valence-corrected chi connectivity index (χ2v) is 4.68. The van der Waals surface area contributed by atoms with Crippen molar-refractivity contribution in [2.75, 3.05) is 6.61 Å². The Balaban J connectivity index is 3.02. The van der Waals surface area contributed by atoms with Gasteiger partial charge in [-0.05, 0) is 37.0 Å². The number of hydrogen-bond donors (Lipinski definition) is 0. The van der Waals surface area contributed by atoms with Gasteiger partial charge in [0.1, 0.15) is 5.75 Å². The third-order valence-electron chi connectivity index (χ3n) is 2.76. The van der Waals surface area contributed by atoms with Gasteiger partial charge in [-0.3, -0.25) is 0 Å². The molecule has 0 saturated heterocycles. The molecule has 0 aliphatic rings. The van der Waals surface area contributed by atoms with E-state index in [0.717, 1.165) is 35.3 Å². The van der Waals surface area contributed by atoms with Crippen molar-refractivity contribution in [1.29, 1.82) is 0 Å². The molecule has 0 N–H and O–H groups in total. The van der Waals surface area contributed by atoms with E-state index in [9.17, 15) is 0 Å². The molecule has 0 saturated carbocycles. The summed E-state index contributed by atoms with van der Waals surface area (Å²) in [6.07, 6.45) is 5.95. The van der Waals surface area contributed by atoms with Crippen molar-refractivity contribution in [3.63, 3.8) is 0 Å². The molecular weight excluding hydrogens is 244 g/mol. The topological polar surface area (TPSA) is 9.23 Å². The summed E-state index contributed by atoms with van der Waals surface area (Å²) < 4.78 is 5.63. The Labute approximate surface area is 115 Å². The largest absolute Gasteiger partial charge is 0.492 e. The lowest BCUT2D eigenvalue weighted by atomic mass is 10.1. The van der Waals surface area contributed by atoms with E-state index in [2.05, 4.69) is 20.4 Å². The van der Waals surface area contributed by atoms with Crippen molar-refractivity contribution < 1.29 is 4.74 Å². The molecule has 0 unspecified atom stereocenters. The van der Waals surface area contributed by atoms with Crippen LogP contribution in [0.2, 0.25) is 5.02 Å². The number of rotatable bonds is 6. The van der Waals surface area contributed by atoms with Crippen molar-refractivity contribution in [1.82, 2.24) is 0 Å². The molecule has 0 aliphatic heterocycles. The van der Waals surface area contributed by atoms with E-state index >= 15 is 0 Å². The number of halogens is 1. The molecule has 98 valence electrons. The molecule has 0 aliphatic carbocycles. The molecular formula is C16H21ClO. The minimum Gasteiger partial charge on any atom is -0.492 e. The summed E-state index contributed by atoms with van der Waals surface area (Å²) in [5.74, 6) is 0.755. The van der Waals surface area contributed by atoms with Gasteiger partial charge >= 0.3 is 0 Å². The van der Waals surface area contributed by atoms with Crippen LogP contribution in [0.3, 0.4) is 0 Å². The van der Waals surface area contributed by atoms with Crippen molar-refractivity contribution in [2.45, 2.75) is 33.6 Å². The molecule has 2 heteroatoms. The molecule has 0 radical (unpaired) electrons. The summed E-state index contributed by atoms with van der Waals surface area (Å²) in [6, 6.07) is 3.96. The molecule has 0 atom stereocenters. The normalized spacial score (nSPS) is 10.9. The Bertz CT molecular complexity index is 447. The van der Waals surface area contributed by atoms with E-state index < -0.39 is 0 Å². The molecule has 0 aromatic heterocycles. The molecule has 0 amide bonds. The van der Waals surface area contributed by atoms with Gasteiger partial charge in [0.15, 0.2) is 0 Å². The first-order valence-electron chi connectivity index (χ1n) is 6.37. The first-order chi connectivity index (χ1) is 8.60. The van der Waals surface area contributed by atoms with Crippen LogP contribution in [0.25, 0.3) is 6.08 Å². The van der Waals surface area contributed by atoms with E-state index in [1.807, 2.05) is 31.2 Å². The van der Waals surface area contributed by atoms with E-state index in [1.54, 1.807) is 0 Å². The van der Waals surface area contributed by atoms with Gasteiger partial charge in [0.05, 0.1) is 11.6 Å². The molecule has 1 aromatic carbocycles. The zero-order chi connectivity index (χ0) is 13.5. The lowest BCUT2D eigenvalue weighted by molar-refractivity contribution is 0.317. The lowest BCUT2D eigenvalue weighted by Crippen LogP contribution is -1.97. The molecule has 0 fully saturated rings. The highest BCUT2D eigenvalue weighted by Crippen LogP contribution is 2.32. The summed E-state index contributed by atoms with van der Waals surface area (Å²) in [5, 5.41) is 0.684. The first-order valence-corrected chi connectivity index (χ1v) is 6.75. The zero-order valence-electron chi connectivity index (χ0n) is 11.4. The number of aryl methyl sites for hydroxylation is 1. The van der Waals surface area contributed by atoms with Gasteiger partial charge in [-0.2, -0.15) is 0 Å². The van der Waals surface area contributed by atoms with E-state index in [-0.39, 0.29) is 0 Å². The van der Waals surface area contributed by atoms with Crippen LogP contribution in [0.5, 0.6) is 5.75 Å². The number of hydrogen-bond acceptors (Lipinski definition) is 1. The van der Waals surface area contributed by atoms with Crippen molar-refractivity contribution in [2.24, 2.45) is 0 Å². The van der Waals surface area contributed by atoms with Crippen LogP contribution in [0, 0.1) is 6.92 Å².